The zero-order valence-electron chi connectivity index (χ0n) is 10.6. The van der Waals surface area contributed by atoms with Gasteiger partial charge in [-0.2, -0.15) is 13.2 Å². The highest BCUT2D eigenvalue weighted by atomic mass is 19.4. The predicted molar refractivity (Wildman–Crippen MR) is 66.7 cm³/mol. The van der Waals surface area contributed by atoms with Gasteiger partial charge in [0.1, 0.15) is 12.0 Å². The van der Waals surface area contributed by atoms with Gasteiger partial charge in [0.25, 0.3) is 0 Å². The quantitative estimate of drug-likeness (QED) is 0.897. The van der Waals surface area contributed by atoms with Crippen molar-refractivity contribution < 1.29 is 13.2 Å². The molecular weight excluding hydrogens is 273 g/mol. The van der Waals surface area contributed by atoms with Crippen LogP contribution in [-0.2, 0) is 19.3 Å². The summed E-state index contributed by atoms with van der Waals surface area (Å²) < 4.78 is 39.5. The molecule has 6 nitrogen and oxygen atoms in total. The van der Waals surface area contributed by atoms with Crippen LogP contribution < -0.4 is 11.1 Å². The number of hydrogen-bond acceptors (Lipinski definition) is 5. The van der Waals surface area contributed by atoms with E-state index in [0.717, 1.165) is 12.3 Å². The molecule has 2 aromatic rings. The van der Waals surface area contributed by atoms with E-state index in [-0.39, 0.29) is 17.9 Å². The second-order valence-corrected chi connectivity index (χ2v) is 4.04. The van der Waals surface area contributed by atoms with E-state index in [1.807, 2.05) is 6.92 Å². The number of halogens is 3. The summed E-state index contributed by atoms with van der Waals surface area (Å²) in [5.41, 5.74) is 4.92. The third-order valence-electron chi connectivity index (χ3n) is 2.70. The largest absolute Gasteiger partial charge is 0.433 e. The number of nitrogen functional groups attached to an aromatic ring is 1. The Bertz CT molecular complexity index is 592. The fourth-order valence-corrected chi connectivity index (χ4v) is 1.63. The second kappa shape index (κ2) is 5.35. The van der Waals surface area contributed by atoms with Gasteiger partial charge in [0.15, 0.2) is 5.82 Å². The molecule has 0 saturated carbocycles. The number of nitrogens with zero attached hydrogens (tertiary/aromatic N) is 4. The molecule has 2 rings (SSSR count). The molecule has 0 aliphatic heterocycles. The number of anilines is 2. The van der Waals surface area contributed by atoms with Gasteiger partial charge >= 0.3 is 6.18 Å². The number of alkyl halides is 3. The van der Waals surface area contributed by atoms with Crippen LogP contribution in [0.1, 0.15) is 18.4 Å². The van der Waals surface area contributed by atoms with Crippen LogP contribution in [0.5, 0.6) is 0 Å². The minimum Gasteiger partial charge on any atom is -0.396 e. The lowest BCUT2D eigenvalue weighted by Crippen LogP contribution is -2.12. The van der Waals surface area contributed by atoms with Crippen molar-refractivity contribution >= 4 is 11.4 Å². The molecule has 2 aromatic heterocycles. The van der Waals surface area contributed by atoms with E-state index in [4.69, 9.17) is 5.73 Å². The Morgan fingerprint density at radius 3 is 2.80 bits per heavy atom. The van der Waals surface area contributed by atoms with Gasteiger partial charge in [-0.1, -0.05) is 0 Å². The van der Waals surface area contributed by atoms with Crippen molar-refractivity contribution in [2.45, 2.75) is 26.2 Å². The fourth-order valence-electron chi connectivity index (χ4n) is 1.63. The summed E-state index contributed by atoms with van der Waals surface area (Å²) in [5.74, 6) is 0.609. The molecule has 0 unspecified atom stereocenters. The number of pyridine rings is 1. The van der Waals surface area contributed by atoms with Gasteiger partial charge in [0.05, 0.1) is 24.1 Å². The van der Waals surface area contributed by atoms with Gasteiger partial charge in [0.2, 0.25) is 0 Å². The third kappa shape index (κ3) is 2.98. The van der Waals surface area contributed by atoms with Gasteiger partial charge in [-0.15, -0.1) is 10.2 Å². The van der Waals surface area contributed by atoms with Crippen LogP contribution in [0.25, 0.3) is 0 Å². The van der Waals surface area contributed by atoms with Crippen molar-refractivity contribution in [3.63, 3.8) is 0 Å². The first-order chi connectivity index (χ1) is 9.41. The van der Waals surface area contributed by atoms with Gasteiger partial charge in [0, 0.05) is 6.54 Å². The Morgan fingerprint density at radius 1 is 1.40 bits per heavy atom. The number of rotatable bonds is 4. The van der Waals surface area contributed by atoms with Crippen LogP contribution >= 0.6 is 0 Å². The zero-order chi connectivity index (χ0) is 14.8. The molecule has 0 fully saturated rings. The van der Waals surface area contributed by atoms with Crippen LogP contribution in [-0.4, -0.2) is 19.7 Å². The van der Waals surface area contributed by atoms with Gasteiger partial charge in [-0.3, -0.25) is 0 Å². The second-order valence-electron chi connectivity index (χ2n) is 4.04. The monoisotopic (exact) mass is 286 g/mol. The van der Waals surface area contributed by atoms with Gasteiger partial charge in [-0.05, 0) is 13.0 Å². The van der Waals surface area contributed by atoms with Crippen LogP contribution in [0.15, 0.2) is 18.6 Å². The molecule has 0 aliphatic rings. The molecule has 0 atom stereocenters. The van der Waals surface area contributed by atoms with Crippen molar-refractivity contribution in [2.75, 3.05) is 11.1 Å². The summed E-state index contributed by atoms with van der Waals surface area (Å²) in [5, 5.41) is 10.4. The first kappa shape index (κ1) is 14.1. The summed E-state index contributed by atoms with van der Waals surface area (Å²) in [6.07, 6.45) is -1.97. The Kier molecular flexibility index (Phi) is 3.77. The topological polar surface area (TPSA) is 81.7 Å². The first-order valence-electron chi connectivity index (χ1n) is 5.85. The zero-order valence-corrected chi connectivity index (χ0v) is 10.6. The Balaban J connectivity index is 2.17. The average Bonchev–Trinajstić information content (AvgIpc) is 2.83. The SMILES string of the molecule is CCn1cnnc1CNc1cc(C(F)(F)F)ncc1N. The summed E-state index contributed by atoms with van der Waals surface area (Å²) in [6.45, 7) is 2.80. The lowest BCUT2D eigenvalue weighted by Gasteiger charge is -2.12. The molecule has 0 aliphatic carbocycles. The summed E-state index contributed by atoms with van der Waals surface area (Å²) in [4.78, 5) is 3.27. The van der Waals surface area contributed by atoms with Crippen LogP contribution in [0.4, 0.5) is 24.5 Å². The molecule has 108 valence electrons. The lowest BCUT2D eigenvalue weighted by molar-refractivity contribution is -0.141. The Morgan fingerprint density at radius 2 is 2.15 bits per heavy atom. The van der Waals surface area contributed by atoms with E-state index in [2.05, 4.69) is 20.5 Å². The van der Waals surface area contributed by atoms with Crippen LogP contribution in [0, 0.1) is 0 Å². The molecule has 20 heavy (non-hydrogen) atoms. The highest BCUT2D eigenvalue weighted by Gasteiger charge is 2.32. The van der Waals surface area contributed by atoms with E-state index in [9.17, 15) is 13.2 Å². The average molecular weight is 286 g/mol. The predicted octanol–water partition coefficient (Wildman–Crippen LogP) is 1.91. The summed E-state index contributed by atoms with van der Waals surface area (Å²) in [7, 11) is 0. The van der Waals surface area contributed by atoms with Crippen molar-refractivity contribution in [1.29, 1.82) is 0 Å². The van der Waals surface area contributed by atoms with Gasteiger partial charge in [-0.25, -0.2) is 4.98 Å². The number of hydrogen-bond donors (Lipinski definition) is 2. The molecule has 0 spiro atoms. The van der Waals surface area contributed by atoms with Gasteiger partial charge < -0.3 is 15.6 Å². The molecule has 0 aromatic carbocycles. The molecule has 2 heterocycles. The number of nitrogens with one attached hydrogen (secondary N) is 1. The van der Waals surface area contributed by atoms with E-state index in [1.54, 1.807) is 10.9 Å². The van der Waals surface area contributed by atoms with Crippen molar-refractivity contribution in [3.05, 3.63) is 30.1 Å². The minimum absolute atomic E-state index is 0.139. The highest BCUT2D eigenvalue weighted by Crippen LogP contribution is 2.31. The number of nitrogens with two attached hydrogens (primary N) is 1. The number of aromatic nitrogens is 4. The maximum absolute atomic E-state index is 12.6. The molecule has 9 heteroatoms. The standard InChI is InChI=1S/C11H13F3N6/c1-2-20-6-18-19-10(20)5-16-8-3-9(11(12,13)14)17-4-7(8)15/h3-4,6H,2,5,15H2,1H3,(H,16,17). The molecular formula is C11H13F3N6. The first-order valence-corrected chi connectivity index (χ1v) is 5.85. The van der Waals surface area contributed by atoms with E-state index in [0.29, 0.717) is 12.4 Å². The Hall–Kier alpha value is -2.32. The molecule has 0 amide bonds. The van der Waals surface area contributed by atoms with E-state index < -0.39 is 11.9 Å². The Labute approximate surface area is 112 Å². The molecule has 0 radical (unpaired) electrons. The van der Waals surface area contributed by atoms with E-state index in [1.165, 1.54) is 0 Å². The maximum Gasteiger partial charge on any atom is 0.433 e. The normalized spacial score (nSPS) is 11.6. The number of aryl methyl sites for hydroxylation is 1. The fraction of sp³-hybridized carbons (Fsp3) is 0.364. The summed E-state index contributed by atoms with van der Waals surface area (Å²) in [6, 6.07) is 0.877. The smallest absolute Gasteiger partial charge is 0.396 e. The third-order valence-corrected chi connectivity index (χ3v) is 2.70. The lowest BCUT2D eigenvalue weighted by atomic mass is 10.2. The van der Waals surface area contributed by atoms with E-state index >= 15 is 0 Å². The molecule has 0 saturated heterocycles. The van der Waals surface area contributed by atoms with Crippen molar-refractivity contribution in [2.24, 2.45) is 0 Å². The molecule has 3 N–H and O–H groups in total. The molecule has 0 bridgehead atoms. The summed E-state index contributed by atoms with van der Waals surface area (Å²) >= 11 is 0. The van der Waals surface area contributed by atoms with Crippen molar-refractivity contribution in [3.8, 4) is 0 Å². The van der Waals surface area contributed by atoms with Crippen LogP contribution in [0.2, 0.25) is 0 Å². The van der Waals surface area contributed by atoms with Crippen molar-refractivity contribution in [1.82, 2.24) is 19.7 Å². The highest BCUT2D eigenvalue weighted by molar-refractivity contribution is 5.65. The van der Waals surface area contributed by atoms with Crippen LogP contribution in [0.3, 0.4) is 0 Å². The minimum atomic E-state index is -4.51. The maximum atomic E-state index is 12.6.